The van der Waals surface area contributed by atoms with Crippen molar-refractivity contribution in [3.63, 3.8) is 0 Å². The largest absolute Gasteiger partial charge is 0.494 e. The van der Waals surface area contributed by atoms with Gasteiger partial charge in [-0.1, -0.05) is 43.0 Å². The number of aryl methyl sites for hydroxylation is 1. The van der Waals surface area contributed by atoms with E-state index in [1.807, 2.05) is 12.1 Å². The number of esters is 3. The van der Waals surface area contributed by atoms with Gasteiger partial charge in [0.15, 0.2) is 5.78 Å². The van der Waals surface area contributed by atoms with E-state index in [-0.39, 0.29) is 35.1 Å². The molecule has 0 N–H and O–H groups in total. The predicted molar refractivity (Wildman–Crippen MR) is 215 cm³/mol. The topological polar surface area (TPSA) is 145 Å². The Morgan fingerprint density at radius 1 is 0.702 bits per heavy atom. The summed E-state index contributed by atoms with van der Waals surface area (Å²) in [6.45, 7) is 9.93. The van der Waals surface area contributed by atoms with Gasteiger partial charge in [0.2, 0.25) is 0 Å². The number of ether oxygens (including phenoxy) is 5. The molecular weight excluding hydrogens is 752 g/mol. The zero-order chi connectivity index (χ0) is 40.7. The first-order valence-corrected chi connectivity index (χ1v) is 18.6. The molecule has 0 saturated carbocycles. The van der Waals surface area contributed by atoms with Gasteiger partial charge in [-0.15, -0.1) is 0 Å². The Hall–Kier alpha value is -6.46. The maximum atomic E-state index is 13.3. The van der Waals surface area contributed by atoms with Gasteiger partial charge < -0.3 is 28.1 Å². The number of hydrogen-bond acceptors (Lipinski definition) is 11. The fourth-order valence-corrected chi connectivity index (χ4v) is 5.92. The molecule has 0 radical (unpaired) electrons. The SMILES string of the molecule is C=CC(=O)OCCCCOc1ccc(C(=O)Cc2ccc3c(C)c(-c4ccc(OC(=O)c5ccc(OCCCCOC(=O)C=C)cc5)c(Cl)c4)c(=O)oc3c2)cc1. The number of rotatable bonds is 20. The van der Waals surface area contributed by atoms with Crippen molar-refractivity contribution in [1.82, 2.24) is 0 Å². The lowest BCUT2D eigenvalue weighted by Gasteiger charge is -2.12. The molecule has 1 aromatic heterocycles. The molecule has 0 bridgehead atoms. The van der Waals surface area contributed by atoms with E-state index < -0.39 is 23.5 Å². The minimum Gasteiger partial charge on any atom is -0.494 e. The molecule has 294 valence electrons. The molecule has 0 saturated heterocycles. The summed E-state index contributed by atoms with van der Waals surface area (Å²) in [5, 5.41) is 0.810. The van der Waals surface area contributed by atoms with Crippen molar-refractivity contribution in [3.05, 3.63) is 148 Å². The Labute approximate surface area is 334 Å². The Kier molecular flexibility index (Phi) is 15.0. The molecule has 0 amide bonds. The quantitative estimate of drug-likeness (QED) is 0.0186. The van der Waals surface area contributed by atoms with Crippen molar-refractivity contribution >= 4 is 46.3 Å². The Morgan fingerprint density at radius 3 is 1.82 bits per heavy atom. The average Bonchev–Trinajstić information content (AvgIpc) is 3.21. The second-order valence-corrected chi connectivity index (χ2v) is 13.2. The standard InChI is InChI=1S/C45H41ClO11/c1-4-41(48)54-24-8-6-22-52-34-16-11-31(12-17-34)38(47)26-30-10-20-36-29(3)43(45(51)57-40(36)27-30)33-15-21-39(37(46)28-33)56-44(50)32-13-18-35(19-14-32)53-23-7-9-25-55-42(49)5-2/h4-5,10-21,27-28H,1-2,6-9,22-26H2,3H3. The van der Waals surface area contributed by atoms with Crippen molar-refractivity contribution in [2.24, 2.45) is 0 Å². The molecule has 4 aromatic carbocycles. The third kappa shape index (κ3) is 11.8. The Bertz CT molecular complexity index is 2310. The highest BCUT2D eigenvalue weighted by molar-refractivity contribution is 6.32. The highest BCUT2D eigenvalue weighted by Crippen LogP contribution is 2.33. The van der Waals surface area contributed by atoms with Gasteiger partial charge in [-0.2, -0.15) is 0 Å². The number of carbonyl (C=O) groups is 4. The molecule has 0 fully saturated rings. The van der Waals surface area contributed by atoms with Gasteiger partial charge in [-0.3, -0.25) is 4.79 Å². The number of fused-ring (bicyclic) bond motifs is 1. The predicted octanol–water partition coefficient (Wildman–Crippen LogP) is 8.84. The summed E-state index contributed by atoms with van der Waals surface area (Å²) in [7, 11) is 0. The van der Waals surface area contributed by atoms with Gasteiger partial charge in [0.05, 0.1) is 42.6 Å². The lowest BCUT2D eigenvalue weighted by molar-refractivity contribution is -0.138. The number of halogens is 1. The molecule has 12 heteroatoms. The molecule has 11 nitrogen and oxygen atoms in total. The van der Waals surface area contributed by atoms with Gasteiger partial charge in [0.25, 0.3) is 0 Å². The smallest absolute Gasteiger partial charge is 0.344 e. The highest BCUT2D eigenvalue weighted by Gasteiger charge is 2.18. The molecule has 57 heavy (non-hydrogen) atoms. The number of Topliss-reactive ketones (excluding diaryl/α,β-unsaturated/α-hetero) is 1. The van der Waals surface area contributed by atoms with Gasteiger partial charge >= 0.3 is 23.5 Å². The van der Waals surface area contributed by atoms with Crippen molar-refractivity contribution in [3.8, 4) is 28.4 Å². The molecule has 1 heterocycles. The summed E-state index contributed by atoms with van der Waals surface area (Å²) in [6.07, 6.45) is 4.99. The summed E-state index contributed by atoms with van der Waals surface area (Å²) in [4.78, 5) is 61.5. The average molecular weight is 793 g/mol. The van der Waals surface area contributed by atoms with Crippen LogP contribution in [-0.2, 0) is 25.5 Å². The number of ketones is 1. The van der Waals surface area contributed by atoms with Crippen molar-refractivity contribution in [2.75, 3.05) is 26.4 Å². The van der Waals surface area contributed by atoms with Crippen LogP contribution in [0.2, 0.25) is 5.02 Å². The van der Waals surface area contributed by atoms with E-state index >= 15 is 0 Å². The van der Waals surface area contributed by atoms with Gasteiger partial charge in [-0.25, -0.2) is 19.2 Å². The fraction of sp³-hybridized carbons (Fsp3) is 0.222. The van der Waals surface area contributed by atoms with Crippen LogP contribution in [0.1, 0.15) is 57.5 Å². The van der Waals surface area contributed by atoms with E-state index in [4.69, 9.17) is 39.7 Å². The maximum absolute atomic E-state index is 13.3. The van der Waals surface area contributed by atoms with Gasteiger partial charge in [0.1, 0.15) is 22.8 Å². The number of unbranched alkanes of at least 4 members (excludes halogenated alkanes) is 2. The summed E-state index contributed by atoms with van der Waals surface area (Å²) in [6, 6.07) is 23.3. The van der Waals surface area contributed by atoms with Crippen molar-refractivity contribution in [2.45, 2.75) is 39.0 Å². The van der Waals surface area contributed by atoms with E-state index in [1.165, 1.54) is 12.1 Å². The summed E-state index contributed by atoms with van der Waals surface area (Å²) in [5.41, 5.74) is 2.67. The number of hydrogen-bond donors (Lipinski definition) is 0. The zero-order valence-corrected chi connectivity index (χ0v) is 32.1. The molecule has 5 aromatic rings. The lowest BCUT2D eigenvalue weighted by Crippen LogP contribution is -2.10. The molecular formula is C45H41ClO11. The maximum Gasteiger partial charge on any atom is 0.344 e. The second kappa shape index (κ2) is 20.5. The minimum absolute atomic E-state index is 0.0930. The Balaban J connectivity index is 1.16. The van der Waals surface area contributed by atoms with E-state index in [0.717, 1.165) is 12.2 Å². The van der Waals surface area contributed by atoms with Gasteiger partial charge in [0, 0.05) is 29.5 Å². The molecule has 0 aliphatic carbocycles. The van der Waals surface area contributed by atoms with E-state index in [2.05, 4.69) is 13.2 Å². The van der Waals surface area contributed by atoms with Crippen molar-refractivity contribution in [1.29, 1.82) is 0 Å². The molecule has 0 aliphatic heterocycles. The van der Waals surface area contributed by atoms with Crippen LogP contribution in [0.3, 0.4) is 0 Å². The molecule has 0 spiro atoms. The van der Waals surface area contributed by atoms with Crippen LogP contribution in [0.4, 0.5) is 0 Å². The van der Waals surface area contributed by atoms with Gasteiger partial charge in [-0.05, 0) is 116 Å². The minimum atomic E-state index is -0.629. The van der Waals surface area contributed by atoms with Crippen LogP contribution >= 0.6 is 11.6 Å². The first kappa shape index (κ1) is 41.7. The number of carbonyl (C=O) groups excluding carboxylic acids is 4. The molecule has 0 unspecified atom stereocenters. The van der Waals surface area contributed by atoms with Crippen LogP contribution in [-0.4, -0.2) is 50.1 Å². The number of benzene rings is 4. The van der Waals surface area contributed by atoms with Crippen LogP contribution in [0.5, 0.6) is 17.2 Å². The first-order valence-electron chi connectivity index (χ1n) is 18.2. The van der Waals surface area contributed by atoms with Crippen LogP contribution in [0.25, 0.3) is 22.1 Å². The fourth-order valence-electron chi connectivity index (χ4n) is 5.71. The van der Waals surface area contributed by atoms with E-state index in [1.54, 1.807) is 67.6 Å². The first-order chi connectivity index (χ1) is 27.6. The second-order valence-electron chi connectivity index (χ2n) is 12.8. The van der Waals surface area contributed by atoms with E-state index in [9.17, 15) is 24.0 Å². The van der Waals surface area contributed by atoms with Crippen molar-refractivity contribution < 1.29 is 47.3 Å². The molecule has 0 atom stereocenters. The summed E-state index contributed by atoms with van der Waals surface area (Å²) < 4.78 is 32.6. The summed E-state index contributed by atoms with van der Waals surface area (Å²) in [5.74, 6) is -0.360. The third-order valence-electron chi connectivity index (χ3n) is 8.72. The van der Waals surface area contributed by atoms with Crippen LogP contribution < -0.4 is 19.8 Å². The van der Waals surface area contributed by atoms with Crippen LogP contribution in [0, 0.1) is 6.92 Å². The summed E-state index contributed by atoms with van der Waals surface area (Å²) >= 11 is 6.54. The highest BCUT2D eigenvalue weighted by atomic mass is 35.5. The zero-order valence-electron chi connectivity index (χ0n) is 31.4. The normalized spacial score (nSPS) is 10.7. The molecule has 5 rings (SSSR count). The molecule has 0 aliphatic rings. The van der Waals surface area contributed by atoms with Crippen LogP contribution in [0.15, 0.2) is 119 Å². The third-order valence-corrected chi connectivity index (χ3v) is 9.02. The van der Waals surface area contributed by atoms with E-state index in [0.29, 0.717) is 95.8 Å². The monoisotopic (exact) mass is 792 g/mol. The lowest BCUT2D eigenvalue weighted by atomic mass is 9.97. The Morgan fingerprint density at radius 2 is 1.26 bits per heavy atom.